The molecule has 2 aromatic heterocycles. The van der Waals surface area contributed by atoms with Gasteiger partial charge in [-0.3, -0.25) is 9.36 Å². The molecule has 182 valence electrons. The molecule has 0 saturated carbocycles. The van der Waals surface area contributed by atoms with Crippen molar-refractivity contribution in [2.75, 3.05) is 10.6 Å². The Kier molecular flexibility index (Phi) is 8.16. The zero-order chi connectivity index (χ0) is 25.3. The summed E-state index contributed by atoms with van der Waals surface area (Å²) < 4.78 is 3.55. The van der Waals surface area contributed by atoms with Crippen LogP contribution in [0, 0.1) is 13.8 Å². The molecule has 0 amide bonds. The Hall–Kier alpha value is -2.00. The van der Waals surface area contributed by atoms with E-state index in [4.69, 9.17) is 70.2 Å². The molecule has 0 spiro atoms. The van der Waals surface area contributed by atoms with Crippen LogP contribution in [-0.4, -0.2) is 24.7 Å². The maximum atomic E-state index is 6.38. The van der Waals surface area contributed by atoms with Gasteiger partial charge >= 0.3 is 0 Å². The number of nitrogens with one attached hydrogen (secondary N) is 2. The lowest BCUT2D eigenvalue weighted by Gasteiger charge is -2.10. The number of thiocarbonyl (C=S) groups is 1. The van der Waals surface area contributed by atoms with Gasteiger partial charge in [0.15, 0.2) is 10.9 Å². The van der Waals surface area contributed by atoms with E-state index in [0.29, 0.717) is 49.1 Å². The van der Waals surface area contributed by atoms with Crippen molar-refractivity contribution < 1.29 is 0 Å². The van der Waals surface area contributed by atoms with Crippen LogP contribution in [0.25, 0.3) is 0 Å². The van der Waals surface area contributed by atoms with Gasteiger partial charge in [-0.25, -0.2) is 0 Å². The highest BCUT2D eigenvalue weighted by atomic mass is 35.5. The third-order valence-corrected chi connectivity index (χ3v) is 7.04. The highest BCUT2D eigenvalue weighted by molar-refractivity contribution is 7.80. The van der Waals surface area contributed by atoms with Crippen molar-refractivity contribution in [3.63, 3.8) is 0 Å². The predicted molar refractivity (Wildman–Crippen MR) is 150 cm³/mol. The summed E-state index contributed by atoms with van der Waals surface area (Å²) in [5, 5.41) is 18.3. The summed E-state index contributed by atoms with van der Waals surface area (Å²) >= 11 is 36.3. The molecule has 0 radical (unpaired) electrons. The largest absolute Gasteiger partial charge is 0.329 e. The molecular weight excluding hydrogens is 570 g/mol. The first kappa shape index (κ1) is 26.1. The summed E-state index contributed by atoms with van der Waals surface area (Å²) in [5.74, 6) is 0.424. The second kappa shape index (κ2) is 10.9. The number of nitrogens with zero attached hydrogens (tertiary/aromatic N) is 4. The molecule has 0 aliphatic rings. The van der Waals surface area contributed by atoms with Crippen LogP contribution >= 0.6 is 70.2 Å². The number of aryl methyl sites for hydroxylation is 1. The van der Waals surface area contributed by atoms with Crippen molar-refractivity contribution in [2.45, 2.75) is 26.9 Å². The van der Waals surface area contributed by atoms with Gasteiger partial charge in [0.25, 0.3) is 0 Å². The van der Waals surface area contributed by atoms with Crippen LogP contribution in [0.15, 0.2) is 42.6 Å². The maximum Gasteiger partial charge on any atom is 0.176 e. The van der Waals surface area contributed by atoms with Crippen molar-refractivity contribution in [1.29, 1.82) is 0 Å². The molecule has 0 fully saturated rings. The molecule has 2 N–H and O–H groups in total. The average Bonchev–Trinajstić information content (AvgIpc) is 3.26. The predicted octanol–water partition coefficient (Wildman–Crippen LogP) is 7.87. The number of rotatable bonds is 6. The van der Waals surface area contributed by atoms with E-state index < -0.39 is 0 Å². The van der Waals surface area contributed by atoms with Gasteiger partial charge in [0.1, 0.15) is 5.02 Å². The van der Waals surface area contributed by atoms with Gasteiger partial charge in [-0.1, -0.05) is 70.1 Å². The number of hydrogen-bond donors (Lipinski definition) is 2. The fourth-order valence-electron chi connectivity index (χ4n) is 3.48. The molecule has 0 aliphatic heterocycles. The van der Waals surface area contributed by atoms with E-state index in [-0.39, 0.29) is 0 Å². The van der Waals surface area contributed by atoms with Gasteiger partial charge in [0, 0.05) is 16.2 Å². The first-order valence-electron chi connectivity index (χ1n) is 10.3. The molecule has 35 heavy (non-hydrogen) atoms. The number of anilines is 2. The Morgan fingerprint density at radius 3 is 2.34 bits per heavy atom. The van der Waals surface area contributed by atoms with E-state index in [0.717, 1.165) is 28.2 Å². The highest BCUT2D eigenvalue weighted by Crippen LogP contribution is 2.27. The minimum absolute atomic E-state index is 0.335. The Bertz CT molecular complexity index is 1410. The average molecular weight is 589 g/mol. The Morgan fingerprint density at radius 1 is 0.857 bits per heavy atom. The van der Waals surface area contributed by atoms with Gasteiger partial charge in [0.2, 0.25) is 0 Å². The maximum absolute atomic E-state index is 6.38. The third kappa shape index (κ3) is 6.23. The highest BCUT2D eigenvalue weighted by Gasteiger charge is 2.16. The standard InChI is InChI=1S/C23H19Cl5N6S/c1-12-21(13(2)34(31-12)9-14-3-6-17(25)19(27)7-14)29-23(35)30-22-20(28)11-33(32-22)10-15-4-5-16(24)8-18(15)26/h3-8,11H,9-10H2,1-2H3,(H2,29,30,32,35). The van der Waals surface area contributed by atoms with E-state index in [1.807, 2.05) is 36.7 Å². The summed E-state index contributed by atoms with van der Waals surface area (Å²) in [4.78, 5) is 0. The SMILES string of the molecule is Cc1nn(Cc2ccc(Cl)c(Cl)c2)c(C)c1NC(=S)Nc1nn(Cc2ccc(Cl)cc2Cl)cc1Cl. The molecule has 2 aromatic carbocycles. The monoisotopic (exact) mass is 586 g/mol. The van der Waals surface area contributed by atoms with Crippen molar-refractivity contribution in [3.05, 3.63) is 90.2 Å². The summed E-state index contributed by atoms with van der Waals surface area (Å²) in [6.07, 6.45) is 1.70. The summed E-state index contributed by atoms with van der Waals surface area (Å²) in [7, 11) is 0. The smallest absolute Gasteiger partial charge is 0.176 e. The van der Waals surface area contributed by atoms with E-state index in [9.17, 15) is 0 Å². The molecule has 0 atom stereocenters. The van der Waals surface area contributed by atoms with Gasteiger partial charge in [-0.2, -0.15) is 10.2 Å². The molecule has 0 bridgehead atoms. The molecule has 2 heterocycles. The topological polar surface area (TPSA) is 59.7 Å². The van der Waals surface area contributed by atoms with E-state index >= 15 is 0 Å². The molecule has 0 saturated heterocycles. The summed E-state index contributed by atoms with van der Waals surface area (Å²) in [5.41, 5.74) is 4.34. The Balaban J connectivity index is 1.44. The van der Waals surface area contributed by atoms with Crippen LogP contribution in [0.5, 0.6) is 0 Å². The second-order valence-corrected chi connectivity index (χ2v) is 10.3. The van der Waals surface area contributed by atoms with E-state index in [1.165, 1.54) is 0 Å². The first-order chi connectivity index (χ1) is 16.6. The molecule has 4 rings (SSSR count). The van der Waals surface area contributed by atoms with Crippen molar-refractivity contribution in [1.82, 2.24) is 19.6 Å². The van der Waals surface area contributed by atoms with E-state index in [1.54, 1.807) is 29.1 Å². The number of benzene rings is 2. The van der Waals surface area contributed by atoms with Crippen molar-refractivity contribution >= 4 is 86.8 Å². The molecule has 4 aromatic rings. The molecule has 12 heteroatoms. The zero-order valence-electron chi connectivity index (χ0n) is 18.5. The summed E-state index contributed by atoms with van der Waals surface area (Å²) in [6.45, 7) is 4.83. The molecule has 0 unspecified atom stereocenters. The van der Waals surface area contributed by atoms with Crippen molar-refractivity contribution in [2.24, 2.45) is 0 Å². The second-order valence-electron chi connectivity index (χ2n) is 7.79. The summed E-state index contributed by atoms with van der Waals surface area (Å²) in [6, 6.07) is 10.8. The fraction of sp³-hybridized carbons (Fsp3) is 0.174. The van der Waals surface area contributed by atoms with Gasteiger partial charge in [-0.05, 0) is 61.5 Å². The van der Waals surface area contributed by atoms with E-state index in [2.05, 4.69) is 20.8 Å². The number of halogens is 5. The normalized spacial score (nSPS) is 11.1. The van der Waals surface area contributed by atoms with Crippen LogP contribution < -0.4 is 10.6 Å². The Morgan fingerprint density at radius 2 is 1.63 bits per heavy atom. The van der Waals surface area contributed by atoms with Crippen LogP contribution in [0.1, 0.15) is 22.5 Å². The Labute approximate surface area is 233 Å². The fourth-order valence-corrected chi connectivity index (χ4v) is 4.67. The van der Waals surface area contributed by atoms with Gasteiger partial charge in [0.05, 0.1) is 40.2 Å². The van der Waals surface area contributed by atoms with Crippen LogP contribution in [-0.2, 0) is 13.1 Å². The quantitative estimate of drug-likeness (QED) is 0.225. The molecule has 0 aliphatic carbocycles. The molecule has 6 nitrogen and oxygen atoms in total. The minimum Gasteiger partial charge on any atom is -0.329 e. The minimum atomic E-state index is 0.335. The first-order valence-corrected chi connectivity index (χ1v) is 12.6. The lowest BCUT2D eigenvalue weighted by molar-refractivity contribution is 0.659. The number of aromatic nitrogens is 4. The number of hydrogen-bond acceptors (Lipinski definition) is 3. The third-order valence-electron chi connectivity index (χ3n) is 5.23. The van der Waals surface area contributed by atoms with Crippen LogP contribution in [0.4, 0.5) is 11.5 Å². The lowest BCUT2D eigenvalue weighted by Crippen LogP contribution is -2.20. The van der Waals surface area contributed by atoms with Gasteiger partial charge < -0.3 is 10.6 Å². The van der Waals surface area contributed by atoms with Crippen LogP contribution in [0.3, 0.4) is 0 Å². The van der Waals surface area contributed by atoms with Crippen molar-refractivity contribution in [3.8, 4) is 0 Å². The lowest BCUT2D eigenvalue weighted by atomic mass is 10.2. The van der Waals surface area contributed by atoms with Crippen LogP contribution in [0.2, 0.25) is 25.1 Å². The van der Waals surface area contributed by atoms with Gasteiger partial charge in [-0.15, -0.1) is 0 Å². The zero-order valence-corrected chi connectivity index (χ0v) is 23.1. The molecular formula is C23H19Cl5N6S.